The van der Waals surface area contributed by atoms with Crippen LogP contribution in [0.5, 0.6) is 5.75 Å². The highest BCUT2D eigenvalue weighted by molar-refractivity contribution is 7.09. The number of carboxylic acids is 1. The Labute approximate surface area is 450 Å². The number of aliphatic carboxylic acids is 1. The fourth-order valence-corrected chi connectivity index (χ4v) is 8.89. The first kappa shape index (κ1) is 65.1. The van der Waals surface area contributed by atoms with Gasteiger partial charge < -0.3 is 45.6 Å². The smallest absolute Gasteiger partial charge is 0.306 e. The van der Waals surface area contributed by atoms with E-state index in [2.05, 4.69) is 26.3 Å². The summed E-state index contributed by atoms with van der Waals surface area (Å²) in [6.07, 6.45) is 9.05. The number of anilines is 1. The minimum Gasteiger partial charge on any atom is -0.506 e. The molecule has 0 radical (unpaired) electrons. The lowest BCUT2D eigenvalue weighted by Gasteiger charge is -2.41. The van der Waals surface area contributed by atoms with Gasteiger partial charge in [-0.05, 0) is 75.0 Å². The zero-order valence-corrected chi connectivity index (χ0v) is 47.1. The summed E-state index contributed by atoms with van der Waals surface area (Å²) in [5.41, 5.74) is -0.386. The third-order valence-electron chi connectivity index (χ3n) is 14.1. The summed E-state index contributed by atoms with van der Waals surface area (Å²) < 4.78 is 6.18. The van der Waals surface area contributed by atoms with E-state index in [4.69, 9.17) is 17.6 Å². The topological polar surface area (TPSA) is 285 Å². The number of hydrogen-bond acceptors (Lipinski definition) is 14. The van der Waals surface area contributed by atoms with Crippen molar-refractivity contribution in [3.05, 3.63) is 39.8 Å². The molecule has 9 atom stereocenters. The van der Waals surface area contributed by atoms with Gasteiger partial charge in [0.15, 0.2) is 23.2 Å². The molecule has 2 rings (SSSR count). The Kier molecular flexibility index (Phi) is 24.7. The van der Waals surface area contributed by atoms with Crippen molar-refractivity contribution in [3.8, 4) is 30.4 Å². The van der Waals surface area contributed by atoms with Gasteiger partial charge in [-0.25, -0.2) is 4.98 Å². The molecule has 416 valence electrons. The molecular formula is C55H78N7O13S+. The van der Waals surface area contributed by atoms with Crippen molar-refractivity contribution in [2.24, 2.45) is 29.6 Å². The van der Waals surface area contributed by atoms with Crippen molar-refractivity contribution in [2.45, 2.75) is 150 Å². The van der Waals surface area contributed by atoms with Gasteiger partial charge in [0.25, 0.3) is 11.8 Å². The Morgan fingerprint density at radius 1 is 0.868 bits per heavy atom. The molecule has 20 nitrogen and oxygen atoms in total. The van der Waals surface area contributed by atoms with E-state index < -0.39 is 107 Å². The normalized spacial score (nSPS) is 15.1. The Bertz CT molecular complexity index is 2520. The first-order valence-electron chi connectivity index (χ1n) is 25.2. The highest BCUT2D eigenvalue weighted by Gasteiger charge is 2.44. The number of Topliss-reactive ketones (excluding diaryl/α,β-unsaturated/α-hetero) is 3. The predicted molar refractivity (Wildman–Crippen MR) is 286 cm³/mol. The van der Waals surface area contributed by atoms with Gasteiger partial charge in [0.1, 0.15) is 22.5 Å². The highest BCUT2D eigenvalue weighted by atomic mass is 32.1. The van der Waals surface area contributed by atoms with Crippen LogP contribution in [0, 0.1) is 54.3 Å². The number of carboxylic acid groups (broad SMARTS) is 1. The number of carbonyl (C=O) groups excluding carboxylic acids is 9. The van der Waals surface area contributed by atoms with Crippen molar-refractivity contribution in [2.75, 3.05) is 33.5 Å². The summed E-state index contributed by atoms with van der Waals surface area (Å²) in [6.45, 7) is 17.1. The van der Waals surface area contributed by atoms with E-state index in [0.717, 1.165) is 11.3 Å². The maximum atomic E-state index is 14.4. The van der Waals surface area contributed by atoms with Crippen molar-refractivity contribution < 1.29 is 67.4 Å². The van der Waals surface area contributed by atoms with Crippen molar-refractivity contribution in [3.63, 3.8) is 0 Å². The fraction of sp³-hybridized carbons (Fsp3) is 0.582. The van der Waals surface area contributed by atoms with Crippen LogP contribution in [0.3, 0.4) is 0 Å². The van der Waals surface area contributed by atoms with Gasteiger partial charge in [0.05, 0.1) is 38.8 Å². The molecule has 0 aliphatic heterocycles. The zero-order chi connectivity index (χ0) is 58.2. The van der Waals surface area contributed by atoms with Crippen LogP contribution >= 0.6 is 11.3 Å². The Morgan fingerprint density at radius 2 is 1.50 bits per heavy atom. The Morgan fingerprint density at radius 3 is 2.04 bits per heavy atom. The van der Waals surface area contributed by atoms with Crippen LogP contribution in [0.25, 0.3) is 0 Å². The third kappa shape index (κ3) is 19.0. The number of amides is 5. The summed E-state index contributed by atoms with van der Waals surface area (Å²) in [4.78, 5) is 136. The number of quaternary nitrogens is 1. The first-order valence-corrected chi connectivity index (χ1v) is 26.1. The molecule has 21 heteroatoms. The van der Waals surface area contributed by atoms with Crippen LogP contribution < -0.4 is 21.3 Å². The number of carbonyl (C=O) groups is 10. The number of aromatic hydroxyl groups is 1. The van der Waals surface area contributed by atoms with E-state index in [-0.39, 0.29) is 77.8 Å². The molecule has 0 fully saturated rings. The molecular weight excluding hydrogens is 999 g/mol. The van der Waals surface area contributed by atoms with E-state index in [1.807, 2.05) is 68.6 Å². The number of aromatic nitrogens is 1. The number of phenols is 1. The number of hydrogen-bond donors (Lipinski definition) is 6. The number of ketones is 3. The highest BCUT2D eigenvalue weighted by Crippen LogP contribution is 2.34. The number of esters is 1. The number of rotatable bonds is 30. The van der Waals surface area contributed by atoms with Gasteiger partial charge in [0.2, 0.25) is 23.5 Å². The second-order valence-corrected chi connectivity index (χ2v) is 22.2. The first-order chi connectivity index (χ1) is 35.2. The lowest BCUT2D eigenvalue weighted by Crippen LogP contribution is -2.58. The quantitative estimate of drug-likeness (QED) is 0.0205. The Balaban J connectivity index is 2.34. The summed E-state index contributed by atoms with van der Waals surface area (Å²) >= 11 is 1.07. The summed E-state index contributed by atoms with van der Waals surface area (Å²) in [6, 6.07) is 0.297. The molecule has 0 saturated carbocycles. The SMILES string of the molecule is C#CC(=O)CC(NC(=O)C#C)C(=O)N[C@@H](C)C(=O)C[C@@H](C)C(=O)Nc1cc(C[C@@H](CC(C)C(=O)O)NC(=O)c2csc([C@@H](C[C@H](C(C)C)N(C)C(=O)[C@@H](CC(=O)C(C)(C)[N+](C)(C)C)[C@@H](C)CC)OC(C)=O)n2)ccc1O. The number of ether oxygens (including phenoxy) is 1. The number of terminal acetylenes is 2. The maximum Gasteiger partial charge on any atom is 0.306 e. The second kappa shape index (κ2) is 28.8. The zero-order valence-electron chi connectivity index (χ0n) is 46.3. The minimum absolute atomic E-state index is 0.0209. The third-order valence-corrected chi connectivity index (χ3v) is 15.1. The number of thiazole rings is 1. The average molecular weight is 1080 g/mol. The van der Waals surface area contributed by atoms with E-state index in [1.54, 1.807) is 17.9 Å². The Hall–Kier alpha value is -6.97. The molecule has 1 aromatic carbocycles. The second-order valence-electron chi connectivity index (χ2n) is 21.3. The number of nitrogens with one attached hydrogen (secondary N) is 4. The molecule has 0 saturated heterocycles. The van der Waals surface area contributed by atoms with E-state index in [1.165, 1.54) is 51.3 Å². The van der Waals surface area contributed by atoms with Gasteiger partial charge in [-0.2, -0.15) is 0 Å². The predicted octanol–water partition coefficient (Wildman–Crippen LogP) is 4.63. The standard InChI is InChI=1S/C55H77N7O13S/c1-17-31(6)39(27-47(67)55(11,12)62(14,15)16)53(72)61(13)43(30(4)5)28-46(75-35(10)63)52-60-42(29-76-52)51(71)57-37(22-33(8)54(73)74)24-36-20-21-44(65)40(25-36)59-49(69)32(7)23-45(66)34(9)56-50(70)41(26-38(64)18-2)58-48(68)19-3/h2-3,20-21,25,29-34,37,39,41,43,46H,17,22-24,26-28H2,1,4-16H3,(H5-,56,57,58,59,65,68,69,70,71,73,74)/p+1/t31-,32+,33?,34-,37+,39-,41?,43+,46+/m0/s1. The van der Waals surface area contributed by atoms with Gasteiger partial charge in [-0.15, -0.1) is 24.2 Å². The largest absolute Gasteiger partial charge is 0.506 e. The molecule has 2 unspecified atom stereocenters. The van der Waals surface area contributed by atoms with Gasteiger partial charge in [0, 0.05) is 69.0 Å². The van der Waals surface area contributed by atoms with E-state index in [9.17, 15) is 58.2 Å². The maximum absolute atomic E-state index is 14.4. The van der Waals surface area contributed by atoms with Crippen molar-refractivity contribution in [1.29, 1.82) is 0 Å². The van der Waals surface area contributed by atoms with Gasteiger partial charge >= 0.3 is 11.9 Å². The van der Waals surface area contributed by atoms with Crippen LogP contribution in [-0.2, 0) is 54.3 Å². The molecule has 1 aromatic heterocycles. The van der Waals surface area contributed by atoms with E-state index >= 15 is 0 Å². The molecule has 76 heavy (non-hydrogen) atoms. The summed E-state index contributed by atoms with van der Waals surface area (Å²) in [5.74, 6) is -6.15. The van der Waals surface area contributed by atoms with Gasteiger partial charge in [-0.1, -0.05) is 54.0 Å². The van der Waals surface area contributed by atoms with Crippen LogP contribution in [0.2, 0.25) is 0 Å². The molecule has 0 aliphatic carbocycles. The lowest BCUT2D eigenvalue weighted by molar-refractivity contribution is -0.908. The summed E-state index contributed by atoms with van der Waals surface area (Å²) in [7, 11) is 7.51. The minimum atomic E-state index is -1.46. The van der Waals surface area contributed by atoms with Gasteiger partial charge in [-0.3, -0.25) is 47.9 Å². The number of phenolic OH excluding ortho intramolecular Hbond substituents is 1. The summed E-state index contributed by atoms with van der Waals surface area (Å²) in [5, 5.41) is 32.4. The van der Waals surface area contributed by atoms with Crippen LogP contribution in [-0.4, -0.2) is 141 Å². The molecule has 0 bridgehead atoms. The monoisotopic (exact) mass is 1080 g/mol. The van der Waals surface area contributed by atoms with Crippen molar-refractivity contribution >= 4 is 75.8 Å². The molecule has 2 aromatic rings. The molecule has 5 amide bonds. The molecule has 1 heterocycles. The number of nitrogens with zero attached hydrogens (tertiary/aromatic N) is 3. The van der Waals surface area contributed by atoms with Crippen LogP contribution in [0.1, 0.15) is 135 Å². The number of likely N-dealkylation sites (N-methyl/N-ethyl adjacent to an activating group) is 1. The fourth-order valence-electron chi connectivity index (χ4n) is 8.05. The van der Waals surface area contributed by atoms with E-state index in [0.29, 0.717) is 16.5 Å². The van der Waals surface area contributed by atoms with Crippen LogP contribution in [0.4, 0.5) is 5.69 Å². The molecule has 0 spiro atoms. The lowest BCUT2D eigenvalue weighted by atomic mass is 9.80. The van der Waals surface area contributed by atoms with Crippen molar-refractivity contribution in [1.82, 2.24) is 25.8 Å². The number of benzene rings is 1. The molecule has 0 aliphatic rings. The van der Waals surface area contributed by atoms with Crippen LogP contribution in [0.15, 0.2) is 23.6 Å². The average Bonchev–Trinajstić information content (AvgIpc) is 3.84. The molecule has 6 N–H and O–H groups in total.